The molecule has 0 spiro atoms. The highest BCUT2D eigenvalue weighted by atomic mass is 35.5. The van der Waals surface area contributed by atoms with Crippen LogP contribution >= 0.6 is 11.6 Å². The Morgan fingerprint density at radius 2 is 1.96 bits per heavy atom. The molecular formula is C18H21ClN3O3+. The zero-order valence-corrected chi connectivity index (χ0v) is 14.9. The highest BCUT2D eigenvalue weighted by Gasteiger charge is 2.26. The number of anilines is 1. The van der Waals surface area contributed by atoms with Crippen molar-refractivity contribution in [2.24, 2.45) is 0 Å². The van der Waals surface area contributed by atoms with Crippen molar-refractivity contribution >= 4 is 28.9 Å². The Labute approximate surface area is 151 Å². The van der Waals surface area contributed by atoms with Crippen LogP contribution in [0.2, 0.25) is 5.02 Å². The zero-order chi connectivity index (χ0) is 18.4. The van der Waals surface area contributed by atoms with Crippen LogP contribution in [0.3, 0.4) is 0 Å². The first-order valence-corrected chi connectivity index (χ1v) is 8.45. The molecule has 0 radical (unpaired) electrons. The molecule has 0 aliphatic carbocycles. The van der Waals surface area contributed by atoms with Gasteiger partial charge in [0.15, 0.2) is 6.04 Å². The van der Waals surface area contributed by atoms with Crippen LogP contribution in [0.25, 0.3) is 0 Å². The largest absolute Gasteiger partial charge is 0.330 e. The fraction of sp³-hybridized carbons (Fsp3) is 0.278. The zero-order valence-electron chi connectivity index (χ0n) is 14.1. The summed E-state index contributed by atoms with van der Waals surface area (Å²) in [6, 6.07) is 13.5. The molecule has 2 atom stereocenters. The van der Waals surface area contributed by atoms with Gasteiger partial charge in [-0.1, -0.05) is 48.9 Å². The van der Waals surface area contributed by atoms with Crippen LogP contribution in [0.5, 0.6) is 0 Å². The molecule has 25 heavy (non-hydrogen) atoms. The van der Waals surface area contributed by atoms with Gasteiger partial charge in [-0.3, -0.25) is 14.9 Å². The number of hydrogen-bond donors (Lipinski definition) is 2. The average Bonchev–Trinajstić information content (AvgIpc) is 2.61. The van der Waals surface area contributed by atoms with Gasteiger partial charge in [-0.15, -0.1) is 0 Å². The molecule has 132 valence electrons. The molecule has 0 fully saturated rings. The Hall–Kier alpha value is -2.44. The number of carbonyl (C=O) groups excluding carboxylic acids is 1. The smallest absolute Gasteiger partial charge is 0.289 e. The molecule has 0 aliphatic rings. The van der Waals surface area contributed by atoms with E-state index in [-0.39, 0.29) is 22.7 Å². The average molecular weight is 363 g/mol. The number of benzene rings is 2. The Balaban J connectivity index is 2.25. The number of rotatable bonds is 7. The van der Waals surface area contributed by atoms with Crippen molar-refractivity contribution in [1.29, 1.82) is 0 Å². The lowest BCUT2D eigenvalue weighted by molar-refractivity contribution is -0.712. The first-order valence-electron chi connectivity index (χ1n) is 8.07. The number of carbonyl (C=O) groups is 1. The number of quaternary nitrogens is 1. The normalized spacial score (nSPS) is 13.1. The third-order valence-corrected chi connectivity index (χ3v) is 4.34. The van der Waals surface area contributed by atoms with Crippen molar-refractivity contribution in [1.82, 2.24) is 0 Å². The summed E-state index contributed by atoms with van der Waals surface area (Å²) in [5, 5.41) is 15.8. The first kappa shape index (κ1) is 18.9. The predicted octanol–water partition coefficient (Wildman–Crippen LogP) is 3.29. The minimum atomic E-state index is -0.571. The maximum Gasteiger partial charge on any atom is 0.289 e. The molecule has 0 heterocycles. The van der Waals surface area contributed by atoms with E-state index in [1.807, 2.05) is 35.6 Å². The summed E-state index contributed by atoms with van der Waals surface area (Å²) in [6.45, 7) is 4.11. The summed E-state index contributed by atoms with van der Waals surface area (Å²) in [7, 11) is 0. The van der Waals surface area contributed by atoms with E-state index in [2.05, 4.69) is 19.2 Å². The second kappa shape index (κ2) is 8.60. The lowest BCUT2D eigenvalue weighted by atomic mass is 10.0. The van der Waals surface area contributed by atoms with Gasteiger partial charge in [0.2, 0.25) is 0 Å². The quantitative estimate of drug-likeness (QED) is 0.585. The molecule has 1 amide bonds. The summed E-state index contributed by atoms with van der Waals surface area (Å²) >= 11 is 5.81. The van der Waals surface area contributed by atoms with Crippen LogP contribution in [0.15, 0.2) is 48.5 Å². The third kappa shape index (κ3) is 5.01. The number of nitrogens with zero attached hydrogens (tertiary/aromatic N) is 1. The van der Waals surface area contributed by atoms with E-state index in [4.69, 9.17) is 11.6 Å². The summed E-state index contributed by atoms with van der Waals surface area (Å²) in [4.78, 5) is 23.2. The molecule has 2 rings (SSSR count). The summed E-state index contributed by atoms with van der Waals surface area (Å²) in [5.74, 6) is -0.233. The first-order chi connectivity index (χ1) is 11.9. The SMILES string of the molecule is CC[C@H](C)[NH2+][C@H](C(=O)Nc1ccc(Cl)c([N+](=O)[O-])c1)c1ccccc1. The molecule has 0 aromatic heterocycles. The van der Waals surface area contributed by atoms with Gasteiger partial charge in [0, 0.05) is 17.3 Å². The number of halogens is 1. The number of nitrogens with one attached hydrogen (secondary N) is 1. The van der Waals surface area contributed by atoms with Gasteiger partial charge in [-0.2, -0.15) is 0 Å². The minimum Gasteiger partial charge on any atom is -0.330 e. The van der Waals surface area contributed by atoms with Gasteiger partial charge in [0.1, 0.15) is 5.02 Å². The predicted molar refractivity (Wildman–Crippen MR) is 97.6 cm³/mol. The van der Waals surface area contributed by atoms with Gasteiger partial charge in [-0.25, -0.2) is 0 Å². The third-order valence-electron chi connectivity index (χ3n) is 4.02. The lowest BCUT2D eigenvalue weighted by Crippen LogP contribution is -2.91. The van der Waals surface area contributed by atoms with Crippen LogP contribution in [0.1, 0.15) is 31.9 Å². The standard InChI is InChI=1S/C18H20ClN3O3/c1-3-12(2)20-17(13-7-5-4-6-8-13)18(23)21-14-9-10-15(19)16(11-14)22(24)25/h4-12,17,20H,3H2,1-2H3,(H,21,23)/p+1/t12-,17-/m0/s1. The van der Waals surface area contributed by atoms with Crippen LogP contribution in [-0.4, -0.2) is 16.9 Å². The lowest BCUT2D eigenvalue weighted by Gasteiger charge is -2.19. The Morgan fingerprint density at radius 3 is 2.56 bits per heavy atom. The number of amides is 1. The second-order valence-electron chi connectivity index (χ2n) is 5.88. The number of nitro groups is 1. The van der Waals surface area contributed by atoms with Gasteiger partial charge in [-0.05, 0) is 25.5 Å². The van der Waals surface area contributed by atoms with Crippen molar-refractivity contribution in [2.75, 3.05) is 5.32 Å². The van der Waals surface area contributed by atoms with Crippen LogP contribution in [-0.2, 0) is 4.79 Å². The highest BCUT2D eigenvalue weighted by molar-refractivity contribution is 6.32. The van der Waals surface area contributed by atoms with Crippen LogP contribution < -0.4 is 10.6 Å². The summed E-state index contributed by atoms with van der Waals surface area (Å²) < 4.78 is 0. The fourth-order valence-electron chi connectivity index (χ4n) is 2.43. The molecule has 0 saturated carbocycles. The minimum absolute atomic E-state index is 0.0359. The topological polar surface area (TPSA) is 88.8 Å². The molecule has 7 heteroatoms. The van der Waals surface area contributed by atoms with Crippen molar-refractivity contribution in [3.8, 4) is 0 Å². The molecule has 6 nitrogen and oxygen atoms in total. The van der Waals surface area contributed by atoms with Gasteiger partial charge >= 0.3 is 0 Å². The van der Waals surface area contributed by atoms with E-state index in [0.29, 0.717) is 5.69 Å². The maximum absolute atomic E-state index is 12.8. The molecule has 2 aromatic carbocycles. The van der Waals surface area contributed by atoms with Crippen molar-refractivity contribution < 1.29 is 15.0 Å². The second-order valence-corrected chi connectivity index (χ2v) is 6.29. The van der Waals surface area contributed by atoms with Gasteiger partial charge < -0.3 is 10.6 Å². The van der Waals surface area contributed by atoms with Crippen LogP contribution in [0.4, 0.5) is 11.4 Å². The summed E-state index contributed by atoms with van der Waals surface area (Å²) in [6.07, 6.45) is 0.920. The van der Waals surface area contributed by atoms with Crippen molar-refractivity contribution in [2.45, 2.75) is 32.4 Å². The van der Waals surface area contributed by atoms with E-state index in [9.17, 15) is 14.9 Å². The summed E-state index contributed by atoms with van der Waals surface area (Å²) in [5.41, 5.74) is 0.991. The van der Waals surface area contributed by atoms with E-state index in [1.54, 1.807) is 6.07 Å². The fourth-order valence-corrected chi connectivity index (χ4v) is 2.61. The van der Waals surface area contributed by atoms with E-state index < -0.39 is 11.0 Å². The molecule has 0 bridgehead atoms. The van der Waals surface area contributed by atoms with Gasteiger partial charge in [0.05, 0.1) is 11.0 Å². The van der Waals surface area contributed by atoms with Crippen LogP contribution in [0, 0.1) is 10.1 Å². The number of nitro benzene ring substituents is 1. The molecule has 0 saturated heterocycles. The monoisotopic (exact) mass is 362 g/mol. The maximum atomic E-state index is 12.8. The number of nitrogens with two attached hydrogens (primary N) is 1. The molecule has 0 unspecified atom stereocenters. The van der Waals surface area contributed by atoms with E-state index in [0.717, 1.165) is 12.0 Å². The molecule has 3 N–H and O–H groups in total. The van der Waals surface area contributed by atoms with E-state index in [1.165, 1.54) is 12.1 Å². The highest BCUT2D eigenvalue weighted by Crippen LogP contribution is 2.27. The van der Waals surface area contributed by atoms with Crippen molar-refractivity contribution in [3.05, 3.63) is 69.2 Å². The van der Waals surface area contributed by atoms with Gasteiger partial charge in [0.25, 0.3) is 11.6 Å². The Kier molecular flexibility index (Phi) is 6.50. The molecule has 2 aromatic rings. The van der Waals surface area contributed by atoms with Crippen molar-refractivity contribution in [3.63, 3.8) is 0 Å². The Bertz CT molecular complexity index is 752. The van der Waals surface area contributed by atoms with E-state index >= 15 is 0 Å². The molecular weight excluding hydrogens is 342 g/mol. The number of hydrogen-bond acceptors (Lipinski definition) is 3. The Morgan fingerprint density at radius 1 is 1.28 bits per heavy atom. The molecule has 0 aliphatic heterocycles.